The normalized spacial score (nSPS) is 13.5. The van der Waals surface area contributed by atoms with Gasteiger partial charge in [0.1, 0.15) is 17.0 Å². The molecule has 1 aromatic carbocycles. The molecular weight excluding hydrogens is 446 g/mol. The third kappa shape index (κ3) is 6.73. The monoisotopic (exact) mass is 481 g/mol. The number of carbonyl (C=O) groups excluding carboxylic acids is 1. The van der Waals surface area contributed by atoms with Crippen molar-refractivity contribution in [3.63, 3.8) is 0 Å². The number of carbonyl (C=O) groups is 1. The van der Waals surface area contributed by atoms with Gasteiger partial charge in [-0.1, -0.05) is 11.8 Å². The Hall–Kier alpha value is -3.12. The lowest BCUT2D eigenvalue weighted by atomic mass is 10.1. The molecule has 0 aliphatic carbocycles. The van der Waals surface area contributed by atoms with E-state index in [1.807, 2.05) is 40.9 Å². The van der Waals surface area contributed by atoms with Gasteiger partial charge in [-0.15, -0.1) is 0 Å². The van der Waals surface area contributed by atoms with Crippen molar-refractivity contribution in [1.82, 2.24) is 14.5 Å². The summed E-state index contributed by atoms with van der Waals surface area (Å²) in [6.45, 7) is 8.62. The van der Waals surface area contributed by atoms with Gasteiger partial charge in [-0.25, -0.2) is 9.36 Å². The van der Waals surface area contributed by atoms with E-state index < -0.39 is 17.3 Å². The highest BCUT2D eigenvalue weighted by Gasteiger charge is 2.24. The van der Waals surface area contributed by atoms with E-state index in [1.54, 1.807) is 38.6 Å². The summed E-state index contributed by atoms with van der Waals surface area (Å²) in [5, 5.41) is 12.3. The highest BCUT2D eigenvalue weighted by Crippen LogP contribution is 2.34. The number of methoxy groups -OCH3 is 1. The first-order valence-electron chi connectivity index (χ1n) is 11.6. The van der Waals surface area contributed by atoms with Gasteiger partial charge >= 0.3 is 6.09 Å². The van der Waals surface area contributed by atoms with Crippen molar-refractivity contribution < 1.29 is 24.1 Å². The van der Waals surface area contributed by atoms with E-state index in [2.05, 4.69) is 21.7 Å². The molecule has 0 amide bonds. The average Bonchev–Trinajstić information content (AvgIpc) is 3.08. The Bertz CT molecular complexity index is 1260. The first kappa shape index (κ1) is 26.5. The van der Waals surface area contributed by atoms with Crippen molar-refractivity contribution in [3.05, 3.63) is 36.2 Å². The quantitative estimate of drug-likeness (QED) is 0.402. The number of hydrogen-bond acceptors (Lipinski definition) is 7. The second kappa shape index (κ2) is 10.6. The molecule has 188 valence electrons. The van der Waals surface area contributed by atoms with Gasteiger partial charge in [-0.05, 0) is 73.0 Å². The predicted molar refractivity (Wildman–Crippen MR) is 137 cm³/mol. The second-order valence-corrected chi connectivity index (χ2v) is 10.0. The fraction of sp³-hybridized carbons (Fsp3) is 0.481. The van der Waals surface area contributed by atoms with Crippen molar-refractivity contribution in [2.24, 2.45) is 0 Å². The molecular formula is C27H35N3O5. The summed E-state index contributed by atoms with van der Waals surface area (Å²) in [4.78, 5) is 19.4. The maximum absolute atomic E-state index is 13.1. The summed E-state index contributed by atoms with van der Waals surface area (Å²) in [7, 11) is 5.57. The van der Waals surface area contributed by atoms with Crippen molar-refractivity contribution >= 4 is 27.9 Å². The smallest absolute Gasteiger partial charge is 0.419 e. The van der Waals surface area contributed by atoms with E-state index in [9.17, 15) is 9.90 Å². The Morgan fingerprint density at radius 3 is 2.57 bits per heavy atom. The van der Waals surface area contributed by atoms with E-state index >= 15 is 0 Å². The van der Waals surface area contributed by atoms with Crippen LogP contribution in [0.1, 0.15) is 39.7 Å². The molecule has 1 N–H and O–H groups in total. The van der Waals surface area contributed by atoms with Gasteiger partial charge in [0.05, 0.1) is 30.3 Å². The third-order valence-corrected chi connectivity index (χ3v) is 5.21. The van der Waals surface area contributed by atoms with Gasteiger partial charge in [-0.3, -0.25) is 4.98 Å². The molecule has 35 heavy (non-hydrogen) atoms. The van der Waals surface area contributed by atoms with Crippen LogP contribution in [0.2, 0.25) is 0 Å². The summed E-state index contributed by atoms with van der Waals surface area (Å²) < 4.78 is 18.4. The van der Waals surface area contributed by atoms with Crippen LogP contribution in [-0.4, -0.2) is 77.8 Å². The van der Waals surface area contributed by atoms with Crippen molar-refractivity contribution in [1.29, 1.82) is 0 Å². The number of pyridine rings is 1. The molecule has 1 atom stereocenters. The molecule has 0 fully saturated rings. The van der Waals surface area contributed by atoms with Crippen LogP contribution in [0.15, 0.2) is 30.6 Å². The molecule has 0 aliphatic rings. The highest BCUT2D eigenvalue weighted by molar-refractivity contribution is 6.13. The first-order chi connectivity index (χ1) is 16.4. The zero-order valence-corrected chi connectivity index (χ0v) is 21.6. The fourth-order valence-electron chi connectivity index (χ4n) is 3.65. The lowest BCUT2D eigenvalue weighted by Gasteiger charge is -2.20. The molecule has 0 radical (unpaired) electrons. The van der Waals surface area contributed by atoms with Crippen molar-refractivity contribution in [2.45, 2.75) is 45.3 Å². The molecule has 2 heterocycles. The number of aromatic nitrogens is 2. The summed E-state index contributed by atoms with van der Waals surface area (Å²) in [5.41, 5.74) is -0.178. The number of rotatable bonds is 7. The molecule has 0 spiro atoms. The zero-order valence-electron chi connectivity index (χ0n) is 21.6. The first-order valence-corrected chi connectivity index (χ1v) is 11.6. The fourth-order valence-corrected chi connectivity index (χ4v) is 3.65. The second-order valence-electron chi connectivity index (χ2n) is 10.0. The van der Waals surface area contributed by atoms with Gasteiger partial charge in [0.15, 0.2) is 0 Å². The molecule has 0 unspecified atom stereocenters. The maximum Gasteiger partial charge on any atom is 0.419 e. The molecule has 0 bridgehead atoms. The van der Waals surface area contributed by atoms with Crippen molar-refractivity contribution in [3.8, 4) is 17.6 Å². The van der Waals surface area contributed by atoms with Crippen molar-refractivity contribution in [2.75, 3.05) is 41.0 Å². The minimum atomic E-state index is -1.35. The van der Waals surface area contributed by atoms with Gasteiger partial charge in [0, 0.05) is 29.8 Å². The molecule has 8 nitrogen and oxygen atoms in total. The highest BCUT2D eigenvalue weighted by atomic mass is 16.6. The Balaban J connectivity index is 2.00. The Kier molecular flexibility index (Phi) is 8.06. The zero-order chi connectivity index (χ0) is 25.8. The van der Waals surface area contributed by atoms with Crippen LogP contribution < -0.4 is 4.74 Å². The van der Waals surface area contributed by atoms with Crippen LogP contribution in [0.25, 0.3) is 21.8 Å². The van der Waals surface area contributed by atoms with E-state index in [0.717, 1.165) is 23.7 Å². The molecule has 8 heteroatoms. The number of ether oxygens (including phenoxy) is 3. The summed E-state index contributed by atoms with van der Waals surface area (Å²) >= 11 is 0. The average molecular weight is 482 g/mol. The van der Waals surface area contributed by atoms with Crippen LogP contribution in [0.5, 0.6) is 5.75 Å². The Morgan fingerprint density at radius 2 is 1.91 bits per heavy atom. The molecule has 3 rings (SSSR count). The van der Waals surface area contributed by atoms with E-state index in [-0.39, 0.29) is 6.61 Å². The van der Waals surface area contributed by atoms with Crippen LogP contribution in [-0.2, 0) is 9.47 Å². The van der Waals surface area contributed by atoms with Gasteiger partial charge in [0.2, 0.25) is 0 Å². The predicted octanol–water partition coefficient (Wildman–Crippen LogP) is 4.05. The van der Waals surface area contributed by atoms with E-state index in [1.165, 1.54) is 4.57 Å². The number of benzene rings is 1. The largest absolute Gasteiger partial charge is 0.495 e. The molecule has 0 saturated carbocycles. The number of fused-ring (bicyclic) bond motifs is 3. The topological polar surface area (TPSA) is 86.1 Å². The van der Waals surface area contributed by atoms with Gasteiger partial charge in [0.25, 0.3) is 0 Å². The molecule has 0 aliphatic heterocycles. The van der Waals surface area contributed by atoms with E-state index in [0.29, 0.717) is 29.0 Å². The summed E-state index contributed by atoms with van der Waals surface area (Å²) in [5.74, 6) is 6.44. The SMILES string of the molecule is COc1cc2c3cnccc3n(C(=O)OC(C)(C)C)c2cc1C#C[C@](C)(O)COCCCN(C)C. The lowest BCUT2D eigenvalue weighted by Crippen LogP contribution is -2.29. The van der Waals surface area contributed by atoms with Gasteiger partial charge < -0.3 is 24.2 Å². The Morgan fingerprint density at radius 1 is 1.17 bits per heavy atom. The number of nitrogens with zero attached hydrogens (tertiary/aromatic N) is 3. The minimum Gasteiger partial charge on any atom is -0.495 e. The Labute approximate surface area is 206 Å². The number of hydrogen-bond donors (Lipinski definition) is 1. The third-order valence-electron chi connectivity index (χ3n) is 5.21. The standard InChI is InChI=1S/C27H35N3O5/c1-26(2,3)35-25(31)30-22-10-12-28-17-21(22)20-16-24(33-7)19(15-23(20)30)9-11-27(4,32)18-34-14-8-13-29(5)6/h10,12,15-17,32H,8,13-14,18H2,1-7H3/t27-/m0/s1. The minimum absolute atomic E-state index is 0.0851. The van der Waals surface area contributed by atoms with Gasteiger partial charge in [-0.2, -0.15) is 0 Å². The van der Waals surface area contributed by atoms with E-state index in [4.69, 9.17) is 14.2 Å². The maximum atomic E-state index is 13.1. The number of aliphatic hydroxyl groups is 1. The summed E-state index contributed by atoms with van der Waals surface area (Å²) in [6, 6.07) is 5.38. The molecule has 2 aromatic heterocycles. The van der Waals surface area contributed by atoms with Crippen LogP contribution >= 0.6 is 0 Å². The van der Waals surface area contributed by atoms with Crippen LogP contribution in [0.4, 0.5) is 4.79 Å². The molecule has 3 aromatic rings. The van der Waals surface area contributed by atoms with Crippen LogP contribution in [0, 0.1) is 11.8 Å². The lowest BCUT2D eigenvalue weighted by molar-refractivity contribution is 0.00310. The summed E-state index contributed by atoms with van der Waals surface area (Å²) in [6.07, 6.45) is 3.72. The molecule has 0 saturated heterocycles. The van der Waals surface area contributed by atoms with Crippen LogP contribution in [0.3, 0.4) is 0 Å².